The number of nitrogens with zero attached hydrogens (tertiary/aromatic N) is 3. The Labute approximate surface area is 122 Å². The van der Waals surface area contributed by atoms with Crippen LogP contribution in [0.4, 0.5) is 8.78 Å². The molecule has 0 radical (unpaired) electrons. The van der Waals surface area contributed by atoms with Crippen molar-refractivity contribution >= 4 is 16.3 Å². The number of methoxy groups -OCH3 is 1. The molecule has 8 heteroatoms. The summed E-state index contributed by atoms with van der Waals surface area (Å²) in [5.74, 6) is -1.88. The van der Waals surface area contributed by atoms with E-state index in [0.29, 0.717) is 33.5 Å². The van der Waals surface area contributed by atoms with Crippen LogP contribution < -0.4 is 0 Å². The molecule has 3 rings (SSSR count). The molecule has 0 fully saturated rings. The van der Waals surface area contributed by atoms with E-state index in [1.165, 1.54) is 21.9 Å². The number of aromatic nitrogens is 3. The van der Waals surface area contributed by atoms with Gasteiger partial charge in [-0.25, -0.2) is 18.3 Å². The molecule has 110 valence electrons. The molecule has 0 spiro atoms. The van der Waals surface area contributed by atoms with Crippen LogP contribution >= 0.6 is 11.3 Å². The molecule has 21 heavy (non-hydrogen) atoms. The summed E-state index contributed by atoms with van der Waals surface area (Å²) in [7, 11) is 1.56. The molecule has 0 unspecified atom stereocenters. The van der Waals surface area contributed by atoms with Gasteiger partial charge in [0.25, 0.3) is 0 Å². The van der Waals surface area contributed by atoms with Crippen molar-refractivity contribution in [2.45, 2.75) is 13.2 Å². The predicted octanol–water partition coefficient (Wildman–Crippen LogP) is 2.37. The highest BCUT2D eigenvalue weighted by Crippen LogP contribution is 2.28. The van der Waals surface area contributed by atoms with E-state index in [9.17, 15) is 13.9 Å². The molecule has 1 aromatic carbocycles. The fourth-order valence-electron chi connectivity index (χ4n) is 2.03. The van der Waals surface area contributed by atoms with Crippen LogP contribution in [0.1, 0.15) is 10.7 Å². The van der Waals surface area contributed by atoms with Crippen molar-refractivity contribution in [1.82, 2.24) is 14.6 Å². The number of benzene rings is 1. The van der Waals surface area contributed by atoms with Gasteiger partial charge in [-0.15, -0.1) is 0 Å². The topological polar surface area (TPSA) is 59.7 Å². The Hall–Kier alpha value is -1.90. The number of halogens is 2. The summed E-state index contributed by atoms with van der Waals surface area (Å²) in [6.45, 7) is 0.0328. The second-order valence-electron chi connectivity index (χ2n) is 4.32. The maximum atomic E-state index is 13.3. The van der Waals surface area contributed by atoms with Crippen LogP contribution in [-0.4, -0.2) is 26.8 Å². The fourth-order valence-corrected chi connectivity index (χ4v) is 2.91. The van der Waals surface area contributed by atoms with Crippen molar-refractivity contribution in [3.8, 4) is 11.3 Å². The van der Waals surface area contributed by atoms with E-state index in [4.69, 9.17) is 4.74 Å². The van der Waals surface area contributed by atoms with Crippen molar-refractivity contribution < 1.29 is 18.6 Å². The van der Waals surface area contributed by atoms with Gasteiger partial charge < -0.3 is 9.84 Å². The number of aliphatic hydroxyl groups excluding tert-OH is 1. The third-order valence-corrected chi connectivity index (χ3v) is 3.83. The average Bonchev–Trinajstić information content (AvgIpc) is 2.99. The second-order valence-corrected chi connectivity index (χ2v) is 5.36. The number of aliphatic hydroxyl groups is 1. The van der Waals surface area contributed by atoms with Gasteiger partial charge in [0, 0.05) is 12.7 Å². The van der Waals surface area contributed by atoms with Crippen LogP contribution in [0.5, 0.6) is 0 Å². The van der Waals surface area contributed by atoms with Crippen molar-refractivity contribution in [3.63, 3.8) is 0 Å². The van der Waals surface area contributed by atoms with Crippen molar-refractivity contribution in [3.05, 3.63) is 40.5 Å². The molecule has 0 amide bonds. The van der Waals surface area contributed by atoms with Crippen LogP contribution in [0.3, 0.4) is 0 Å². The molecule has 2 aromatic heterocycles. The summed E-state index contributed by atoms with van der Waals surface area (Å²) < 4.78 is 32.8. The molecule has 0 aliphatic carbocycles. The third-order valence-electron chi connectivity index (χ3n) is 2.95. The zero-order valence-electron chi connectivity index (χ0n) is 11.0. The molecular formula is C13H11F2N3O2S. The lowest BCUT2D eigenvalue weighted by Crippen LogP contribution is -1.97. The highest BCUT2D eigenvalue weighted by Gasteiger charge is 2.18. The molecule has 0 aliphatic heterocycles. The quantitative estimate of drug-likeness (QED) is 0.803. The lowest BCUT2D eigenvalue weighted by atomic mass is 10.1. The number of ether oxygens (including phenoxy) is 1. The largest absolute Gasteiger partial charge is 0.390 e. The van der Waals surface area contributed by atoms with Gasteiger partial charge in [-0.3, -0.25) is 0 Å². The second kappa shape index (κ2) is 5.47. The predicted molar refractivity (Wildman–Crippen MR) is 72.9 cm³/mol. The summed E-state index contributed by atoms with van der Waals surface area (Å²) in [5.41, 5.74) is 1.21. The summed E-state index contributed by atoms with van der Waals surface area (Å²) >= 11 is 1.31. The Morgan fingerprint density at radius 1 is 1.33 bits per heavy atom. The van der Waals surface area contributed by atoms with Crippen LogP contribution in [0, 0.1) is 11.6 Å². The van der Waals surface area contributed by atoms with E-state index in [1.54, 1.807) is 7.11 Å². The van der Waals surface area contributed by atoms with Gasteiger partial charge in [-0.05, 0) is 18.2 Å². The van der Waals surface area contributed by atoms with E-state index in [1.807, 2.05) is 0 Å². The Morgan fingerprint density at radius 2 is 2.14 bits per heavy atom. The standard InChI is InChI=1S/C13H11F2N3O2S/c1-20-6-11-17-18-10(5-19)12(16-13(18)21-11)7-2-3-8(14)9(15)4-7/h2-4,19H,5-6H2,1H3. The van der Waals surface area contributed by atoms with Crippen LogP contribution in [0.2, 0.25) is 0 Å². The minimum Gasteiger partial charge on any atom is -0.390 e. The number of imidazole rings is 1. The first-order chi connectivity index (χ1) is 10.1. The smallest absolute Gasteiger partial charge is 0.213 e. The molecule has 0 aliphatic rings. The third kappa shape index (κ3) is 2.41. The number of fused-ring (bicyclic) bond motifs is 1. The summed E-state index contributed by atoms with van der Waals surface area (Å²) in [4.78, 5) is 4.90. The van der Waals surface area contributed by atoms with Gasteiger partial charge in [0.1, 0.15) is 5.01 Å². The van der Waals surface area contributed by atoms with Gasteiger partial charge in [-0.1, -0.05) is 11.3 Å². The SMILES string of the molecule is COCc1nn2c(CO)c(-c3ccc(F)c(F)c3)nc2s1. The lowest BCUT2D eigenvalue weighted by Gasteiger charge is -2.01. The molecule has 3 aromatic rings. The highest BCUT2D eigenvalue weighted by molar-refractivity contribution is 7.16. The fraction of sp³-hybridized carbons (Fsp3) is 0.231. The zero-order chi connectivity index (χ0) is 15.0. The van der Waals surface area contributed by atoms with Crippen molar-refractivity contribution in [1.29, 1.82) is 0 Å². The van der Waals surface area contributed by atoms with Gasteiger partial charge in [0.15, 0.2) is 11.6 Å². The Kier molecular flexibility index (Phi) is 3.66. The normalized spacial score (nSPS) is 11.4. The van der Waals surface area contributed by atoms with Crippen LogP contribution in [0.15, 0.2) is 18.2 Å². The molecule has 0 saturated heterocycles. The van der Waals surface area contributed by atoms with Gasteiger partial charge in [0.2, 0.25) is 4.96 Å². The number of hydrogen-bond donors (Lipinski definition) is 1. The van der Waals surface area contributed by atoms with Crippen molar-refractivity contribution in [2.75, 3.05) is 7.11 Å². The Bertz CT molecular complexity index is 800. The van der Waals surface area contributed by atoms with Gasteiger partial charge in [-0.2, -0.15) is 5.10 Å². The molecule has 0 bridgehead atoms. The first kappa shape index (κ1) is 14.1. The molecule has 1 N–H and O–H groups in total. The molecule has 5 nitrogen and oxygen atoms in total. The lowest BCUT2D eigenvalue weighted by molar-refractivity contribution is 0.183. The summed E-state index contributed by atoms with van der Waals surface area (Å²) in [6, 6.07) is 3.50. The monoisotopic (exact) mass is 311 g/mol. The summed E-state index contributed by atoms with van der Waals surface area (Å²) in [5, 5.41) is 14.5. The maximum absolute atomic E-state index is 13.3. The summed E-state index contributed by atoms with van der Waals surface area (Å²) in [6.07, 6.45) is 0. The molecular weight excluding hydrogens is 300 g/mol. The first-order valence-electron chi connectivity index (χ1n) is 6.06. The van der Waals surface area contributed by atoms with E-state index in [-0.39, 0.29) is 6.61 Å². The number of rotatable bonds is 4. The minimum absolute atomic E-state index is 0.314. The number of hydrogen-bond acceptors (Lipinski definition) is 5. The highest BCUT2D eigenvalue weighted by atomic mass is 32.1. The van der Waals surface area contributed by atoms with Crippen LogP contribution in [0.25, 0.3) is 16.2 Å². The zero-order valence-corrected chi connectivity index (χ0v) is 11.8. The molecule has 2 heterocycles. The average molecular weight is 311 g/mol. The van der Waals surface area contributed by atoms with Gasteiger partial charge in [0.05, 0.1) is 24.6 Å². The van der Waals surface area contributed by atoms with Gasteiger partial charge >= 0.3 is 0 Å². The van der Waals surface area contributed by atoms with E-state index in [0.717, 1.165) is 12.1 Å². The van der Waals surface area contributed by atoms with Crippen LogP contribution in [-0.2, 0) is 18.0 Å². The van der Waals surface area contributed by atoms with E-state index < -0.39 is 11.6 Å². The molecule has 0 atom stereocenters. The minimum atomic E-state index is -0.958. The Balaban J connectivity index is 2.13. The van der Waals surface area contributed by atoms with E-state index >= 15 is 0 Å². The van der Waals surface area contributed by atoms with Crippen molar-refractivity contribution in [2.24, 2.45) is 0 Å². The maximum Gasteiger partial charge on any atom is 0.213 e. The van der Waals surface area contributed by atoms with E-state index in [2.05, 4.69) is 10.1 Å². The Morgan fingerprint density at radius 3 is 2.81 bits per heavy atom. The first-order valence-corrected chi connectivity index (χ1v) is 6.88. The molecule has 0 saturated carbocycles.